The third kappa shape index (κ3) is 2.42. The molecule has 9 heteroatoms. The highest BCUT2D eigenvalue weighted by Crippen LogP contribution is 2.30. The van der Waals surface area contributed by atoms with Gasteiger partial charge in [0, 0.05) is 19.7 Å². The van der Waals surface area contributed by atoms with Crippen molar-refractivity contribution in [3.8, 4) is 6.07 Å². The minimum atomic E-state index is -0.390. The van der Waals surface area contributed by atoms with Gasteiger partial charge in [-0.05, 0) is 24.9 Å². The minimum absolute atomic E-state index is 0.0450. The second-order valence-corrected chi connectivity index (χ2v) is 6.16. The molecule has 0 radical (unpaired) electrons. The van der Waals surface area contributed by atoms with Gasteiger partial charge < -0.3 is 5.32 Å². The largest absolute Gasteiger partial charge is 0.363 e. The fourth-order valence-corrected chi connectivity index (χ4v) is 3.50. The number of aromatic nitrogens is 3. The van der Waals surface area contributed by atoms with E-state index in [1.54, 1.807) is 9.58 Å². The number of hydrogen-bond acceptors (Lipinski definition) is 6. The van der Waals surface area contributed by atoms with E-state index < -0.39 is 0 Å². The Balaban J connectivity index is 1.80. The normalized spacial score (nSPS) is 17.8. The van der Waals surface area contributed by atoms with E-state index in [1.165, 1.54) is 0 Å². The van der Waals surface area contributed by atoms with Crippen LogP contribution in [-0.2, 0) is 11.8 Å². The molecule has 0 bridgehead atoms. The summed E-state index contributed by atoms with van der Waals surface area (Å²) in [6, 6.07) is 3.49. The Morgan fingerprint density at radius 3 is 3.00 bits per heavy atom. The molecule has 1 fully saturated rings. The highest BCUT2D eigenvalue weighted by Gasteiger charge is 2.35. The van der Waals surface area contributed by atoms with E-state index in [1.807, 2.05) is 26.1 Å². The van der Waals surface area contributed by atoms with Crippen LogP contribution in [0.4, 0.5) is 10.8 Å². The molecule has 1 atom stereocenters. The van der Waals surface area contributed by atoms with Crippen molar-refractivity contribution in [3.63, 3.8) is 0 Å². The van der Waals surface area contributed by atoms with Gasteiger partial charge in [-0.15, -0.1) is 0 Å². The fraction of sp³-hybridized carbons (Fsp3) is 0.385. The molecule has 114 valence electrons. The molecule has 0 saturated carbocycles. The van der Waals surface area contributed by atoms with Crippen molar-refractivity contribution in [1.29, 1.82) is 5.26 Å². The number of carbonyl (C=O) groups excluding carboxylic acids is 1. The first-order chi connectivity index (χ1) is 10.5. The van der Waals surface area contributed by atoms with Gasteiger partial charge in [-0.3, -0.25) is 14.4 Å². The maximum Gasteiger partial charge on any atom is 0.250 e. The van der Waals surface area contributed by atoms with Gasteiger partial charge in [-0.2, -0.15) is 14.7 Å². The Bertz CT molecular complexity index is 776. The molecule has 1 N–H and O–H groups in total. The molecular formula is C13H13ClN6OS. The SMILES string of the molecule is Cc1cc(N2CCC(Nc3snc(Cl)c3C#N)C2=O)n(C)n1. The predicted octanol–water partition coefficient (Wildman–Crippen LogP) is 1.93. The van der Waals surface area contributed by atoms with E-state index in [4.69, 9.17) is 16.9 Å². The molecule has 1 amide bonds. The second kappa shape index (κ2) is 5.59. The van der Waals surface area contributed by atoms with Crippen LogP contribution in [-0.4, -0.2) is 32.6 Å². The monoisotopic (exact) mass is 336 g/mol. The highest BCUT2D eigenvalue weighted by atomic mass is 35.5. The lowest BCUT2D eigenvalue weighted by atomic mass is 10.2. The summed E-state index contributed by atoms with van der Waals surface area (Å²) in [5, 5.41) is 17.1. The lowest BCUT2D eigenvalue weighted by Gasteiger charge is -2.16. The first-order valence-corrected chi connectivity index (χ1v) is 7.80. The number of anilines is 2. The van der Waals surface area contributed by atoms with Crippen molar-refractivity contribution in [2.75, 3.05) is 16.8 Å². The Morgan fingerprint density at radius 1 is 1.59 bits per heavy atom. The summed E-state index contributed by atoms with van der Waals surface area (Å²) in [6.45, 7) is 2.49. The second-order valence-electron chi connectivity index (χ2n) is 5.03. The quantitative estimate of drug-likeness (QED) is 0.925. The number of amides is 1. The van der Waals surface area contributed by atoms with Crippen LogP contribution in [0.25, 0.3) is 0 Å². The summed E-state index contributed by atoms with van der Waals surface area (Å²) in [4.78, 5) is 14.3. The summed E-state index contributed by atoms with van der Waals surface area (Å²) in [5.74, 6) is 0.728. The van der Waals surface area contributed by atoms with Gasteiger partial charge in [0.25, 0.3) is 5.91 Å². The third-order valence-corrected chi connectivity index (χ3v) is 4.68. The van der Waals surface area contributed by atoms with Crippen molar-refractivity contribution in [3.05, 3.63) is 22.5 Å². The maximum atomic E-state index is 12.6. The van der Waals surface area contributed by atoms with Gasteiger partial charge in [0.15, 0.2) is 5.15 Å². The molecule has 3 rings (SSSR count). The van der Waals surface area contributed by atoms with E-state index in [0.717, 1.165) is 23.0 Å². The van der Waals surface area contributed by atoms with Crippen molar-refractivity contribution in [1.82, 2.24) is 14.2 Å². The zero-order chi connectivity index (χ0) is 15.9. The Hall–Kier alpha value is -2.11. The molecule has 2 aromatic rings. The Morgan fingerprint density at radius 2 is 2.36 bits per heavy atom. The van der Waals surface area contributed by atoms with Crippen LogP contribution in [0.5, 0.6) is 0 Å². The minimum Gasteiger partial charge on any atom is -0.363 e. The van der Waals surface area contributed by atoms with Gasteiger partial charge in [0.2, 0.25) is 0 Å². The van der Waals surface area contributed by atoms with E-state index in [9.17, 15) is 4.79 Å². The van der Waals surface area contributed by atoms with Gasteiger partial charge >= 0.3 is 0 Å². The lowest BCUT2D eigenvalue weighted by molar-refractivity contribution is -0.117. The summed E-state index contributed by atoms with van der Waals surface area (Å²) >= 11 is 6.93. The first kappa shape index (κ1) is 14.8. The van der Waals surface area contributed by atoms with Gasteiger partial charge in [-0.25, -0.2) is 0 Å². The van der Waals surface area contributed by atoms with Crippen LogP contribution in [0.15, 0.2) is 6.07 Å². The molecule has 3 heterocycles. The average molecular weight is 337 g/mol. The standard InChI is InChI=1S/C13H13ClN6OS/c1-7-5-10(19(2)17-7)20-4-3-9(13(20)21)16-12-8(6-15)11(14)18-22-12/h5,9,16H,3-4H2,1-2H3. The van der Waals surface area contributed by atoms with Crippen molar-refractivity contribution < 1.29 is 4.79 Å². The number of hydrogen-bond donors (Lipinski definition) is 1. The van der Waals surface area contributed by atoms with E-state index in [2.05, 4.69) is 14.8 Å². The van der Waals surface area contributed by atoms with Crippen LogP contribution >= 0.6 is 23.1 Å². The van der Waals surface area contributed by atoms with E-state index in [-0.39, 0.29) is 22.7 Å². The number of nitriles is 1. The maximum absolute atomic E-state index is 12.6. The number of aryl methyl sites for hydroxylation is 2. The number of nitrogens with one attached hydrogen (secondary N) is 1. The van der Waals surface area contributed by atoms with Crippen molar-refractivity contribution >= 4 is 39.9 Å². The highest BCUT2D eigenvalue weighted by molar-refractivity contribution is 7.10. The topological polar surface area (TPSA) is 86.8 Å². The summed E-state index contributed by atoms with van der Waals surface area (Å²) in [7, 11) is 1.81. The molecule has 1 unspecified atom stereocenters. The number of rotatable bonds is 3. The molecule has 22 heavy (non-hydrogen) atoms. The molecule has 0 spiro atoms. The number of halogens is 1. The van der Waals surface area contributed by atoms with Crippen LogP contribution in [0.2, 0.25) is 5.15 Å². The fourth-order valence-electron chi connectivity index (χ4n) is 2.52. The molecular weight excluding hydrogens is 324 g/mol. The van der Waals surface area contributed by atoms with Crippen LogP contribution in [0.1, 0.15) is 17.7 Å². The summed E-state index contributed by atoms with van der Waals surface area (Å²) in [6.07, 6.45) is 0.642. The van der Waals surface area contributed by atoms with Gasteiger partial charge in [0.1, 0.15) is 28.5 Å². The molecule has 0 aliphatic carbocycles. The van der Waals surface area contributed by atoms with Crippen molar-refractivity contribution in [2.24, 2.45) is 7.05 Å². The summed E-state index contributed by atoms with van der Waals surface area (Å²) in [5.41, 5.74) is 1.15. The number of carbonyl (C=O) groups is 1. The third-order valence-electron chi connectivity index (χ3n) is 3.53. The molecule has 1 aliphatic heterocycles. The Kier molecular flexibility index (Phi) is 3.76. The predicted molar refractivity (Wildman–Crippen MR) is 84.2 cm³/mol. The molecule has 2 aromatic heterocycles. The van der Waals surface area contributed by atoms with Gasteiger partial charge in [0.05, 0.1) is 5.69 Å². The smallest absolute Gasteiger partial charge is 0.250 e. The first-order valence-electron chi connectivity index (χ1n) is 6.65. The Labute approximate surface area is 136 Å². The summed E-state index contributed by atoms with van der Waals surface area (Å²) < 4.78 is 5.63. The number of nitrogens with zero attached hydrogens (tertiary/aromatic N) is 5. The lowest BCUT2D eigenvalue weighted by Crippen LogP contribution is -2.34. The molecule has 1 aliphatic rings. The van der Waals surface area contributed by atoms with Gasteiger partial charge in [-0.1, -0.05) is 11.6 Å². The average Bonchev–Trinajstić information content (AvgIpc) is 3.10. The zero-order valence-corrected chi connectivity index (χ0v) is 13.6. The van der Waals surface area contributed by atoms with E-state index >= 15 is 0 Å². The molecule has 7 nitrogen and oxygen atoms in total. The van der Waals surface area contributed by atoms with Crippen LogP contribution in [0.3, 0.4) is 0 Å². The molecule has 1 saturated heterocycles. The van der Waals surface area contributed by atoms with Crippen LogP contribution in [0, 0.1) is 18.3 Å². The van der Waals surface area contributed by atoms with Crippen LogP contribution < -0.4 is 10.2 Å². The zero-order valence-electron chi connectivity index (χ0n) is 12.0. The molecule has 0 aromatic carbocycles. The van der Waals surface area contributed by atoms with Crippen molar-refractivity contribution in [2.45, 2.75) is 19.4 Å². The van der Waals surface area contributed by atoms with E-state index in [0.29, 0.717) is 18.0 Å².